The van der Waals surface area contributed by atoms with Crippen molar-refractivity contribution in [3.05, 3.63) is 12.7 Å². The second-order valence-corrected chi connectivity index (χ2v) is 11.8. The zero-order valence-electron chi connectivity index (χ0n) is 19.5. The number of alkyl halides is 1. The van der Waals surface area contributed by atoms with Crippen LogP contribution in [-0.2, 0) is 19.1 Å². The summed E-state index contributed by atoms with van der Waals surface area (Å²) in [6.07, 6.45) is 1.80. The van der Waals surface area contributed by atoms with Crippen molar-refractivity contribution in [2.45, 2.75) is 81.6 Å². The number of carboxylic acids is 1. The molecule has 0 aliphatic carbocycles. The topological polar surface area (TPSA) is 107 Å². The number of carbonyl (C=O) groups is 3. The van der Waals surface area contributed by atoms with E-state index in [4.69, 9.17) is 4.74 Å². The molecule has 2 bridgehead atoms. The van der Waals surface area contributed by atoms with E-state index in [0.717, 1.165) is 0 Å². The lowest BCUT2D eigenvalue weighted by molar-refractivity contribution is -0.155. The Morgan fingerprint density at radius 3 is 2.50 bits per heavy atom. The lowest BCUT2D eigenvalue weighted by atomic mass is 9.70. The van der Waals surface area contributed by atoms with Gasteiger partial charge in [-0.3, -0.25) is 14.4 Å². The van der Waals surface area contributed by atoms with Gasteiger partial charge in [0.2, 0.25) is 11.8 Å². The van der Waals surface area contributed by atoms with Gasteiger partial charge >= 0.3 is 5.97 Å². The number of nitrogens with zero attached hydrogens (tertiary/aromatic N) is 2. The van der Waals surface area contributed by atoms with E-state index in [1.807, 2.05) is 34.6 Å². The molecule has 180 valence electrons. The zero-order chi connectivity index (χ0) is 24.2. The summed E-state index contributed by atoms with van der Waals surface area (Å²) in [6, 6.07) is -1.61. The average molecular weight is 515 g/mol. The number of aliphatic hydroxyl groups is 1. The number of amides is 2. The number of carboxylic acid groups (broad SMARTS) is 1. The number of halogens is 1. The van der Waals surface area contributed by atoms with Gasteiger partial charge in [0.25, 0.3) is 0 Å². The summed E-state index contributed by atoms with van der Waals surface area (Å²) in [4.78, 5) is 42.9. The Morgan fingerprint density at radius 2 is 2.03 bits per heavy atom. The first-order valence-corrected chi connectivity index (χ1v) is 12.1. The minimum atomic E-state index is -1.24. The third-order valence-corrected chi connectivity index (χ3v) is 7.83. The number of hydrogen-bond donors (Lipinski definition) is 2. The summed E-state index contributed by atoms with van der Waals surface area (Å²) in [7, 11) is 0. The van der Waals surface area contributed by atoms with Crippen LogP contribution in [0.1, 0.15) is 47.5 Å². The first-order valence-electron chi connectivity index (χ1n) is 11.2. The second-order valence-electron chi connectivity index (χ2n) is 10.6. The molecule has 0 aromatic carbocycles. The molecule has 3 aliphatic heterocycles. The van der Waals surface area contributed by atoms with Crippen LogP contribution in [0, 0.1) is 17.8 Å². The number of likely N-dealkylation sites (tertiary alicyclic amines) is 1. The van der Waals surface area contributed by atoms with Gasteiger partial charge in [0, 0.05) is 16.9 Å². The van der Waals surface area contributed by atoms with Crippen LogP contribution in [0.3, 0.4) is 0 Å². The number of fused-ring (bicyclic) bond motifs is 1. The molecule has 3 unspecified atom stereocenters. The van der Waals surface area contributed by atoms with Crippen LogP contribution < -0.4 is 0 Å². The molecule has 2 N–H and O–H groups in total. The highest BCUT2D eigenvalue weighted by atomic mass is 79.9. The monoisotopic (exact) mass is 514 g/mol. The summed E-state index contributed by atoms with van der Waals surface area (Å²) in [5.74, 6) is -3.65. The minimum absolute atomic E-state index is 0.164. The molecule has 0 radical (unpaired) electrons. The van der Waals surface area contributed by atoms with Gasteiger partial charge in [0.15, 0.2) is 0 Å². The third kappa shape index (κ3) is 3.80. The van der Waals surface area contributed by atoms with Crippen LogP contribution in [-0.4, -0.2) is 85.1 Å². The van der Waals surface area contributed by atoms with Gasteiger partial charge < -0.3 is 24.7 Å². The molecule has 32 heavy (non-hydrogen) atoms. The molecule has 0 aromatic heterocycles. The fourth-order valence-corrected chi connectivity index (χ4v) is 6.76. The van der Waals surface area contributed by atoms with E-state index in [2.05, 4.69) is 22.5 Å². The SMILES string of the molecule is C=CCN(C(=O)C1N([C@@H](CO)CC(C)C)C(=O)[C@@H]2[C@H](C(=O)O)[C@H]3OC12CC3Br)C(C)(C)C. The Kier molecular flexibility index (Phi) is 6.86. The Balaban J connectivity index is 2.17. The predicted octanol–water partition coefficient (Wildman–Crippen LogP) is 2.04. The van der Waals surface area contributed by atoms with Crippen molar-refractivity contribution >= 4 is 33.7 Å². The molecule has 9 heteroatoms. The molecule has 3 saturated heterocycles. The number of aliphatic carboxylic acids is 1. The van der Waals surface area contributed by atoms with Crippen LogP contribution in [0.25, 0.3) is 0 Å². The Hall–Kier alpha value is -1.45. The molecule has 3 aliphatic rings. The second kappa shape index (κ2) is 8.72. The molecule has 3 fully saturated rings. The van der Waals surface area contributed by atoms with E-state index in [1.165, 1.54) is 4.90 Å². The standard InChI is InChI=1S/C23H35BrN2O6/c1-7-8-25(22(4,5)6)20(29)18-23-10-14(24)17(32-23)15(21(30)31)16(23)19(28)26(18)13(11-27)9-12(2)3/h7,12-18,27H,1,8-11H2,2-6H3,(H,30,31)/t13-,14?,15+,16+,17+,18?,23?/m1/s1. The predicted molar refractivity (Wildman–Crippen MR) is 122 cm³/mol. The van der Waals surface area contributed by atoms with Crippen molar-refractivity contribution in [1.82, 2.24) is 9.80 Å². The molecule has 3 rings (SSSR count). The van der Waals surface area contributed by atoms with E-state index >= 15 is 0 Å². The van der Waals surface area contributed by atoms with E-state index < -0.39 is 53.0 Å². The van der Waals surface area contributed by atoms with Crippen molar-refractivity contribution in [3.8, 4) is 0 Å². The average Bonchev–Trinajstić information content (AvgIpc) is 3.26. The maximum atomic E-state index is 14.1. The summed E-state index contributed by atoms with van der Waals surface area (Å²) in [5.41, 5.74) is -1.80. The first-order chi connectivity index (χ1) is 14.8. The number of carbonyl (C=O) groups excluding carboxylic acids is 2. The maximum absolute atomic E-state index is 14.1. The molecule has 1 spiro atoms. The van der Waals surface area contributed by atoms with Gasteiger partial charge in [0.1, 0.15) is 11.6 Å². The minimum Gasteiger partial charge on any atom is -0.481 e. The fraction of sp³-hybridized carbons (Fsp3) is 0.783. The maximum Gasteiger partial charge on any atom is 0.310 e. The largest absolute Gasteiger partial charge is 0.481 e. The van der Waals surface area contributed by atoms with Crippen LogP contribution in [0.5, 0.6) is 0 Å². The van der Waals surface area contributed by atoms with Crippen LogP contribution in [0.4, 0.5) is 0 Å². The van der Waals surface area contributed by atoms with Crippen molar-refractivity contribution in [2.24, 2.45) is 17.8 Å². The number of ether oxygens (including phenoxy) is 1. The molecular weight excluding hydrogens is 480 g/mol. The molecular formula is C23H35BrN2O6. The molecule has 7 atom stereocenters. The van der Waals surface area contributed by atoms with Crippen molar-refractivity contribution in [1.29, 1.82) is 0 Å². The van der Waals surface area contributed by atoms with E-state index in [0.29, 0.717) is 12.8 Å². The molecule has 0 aromatic rings. The van der Waals surface area contributed by atoms with Gasteiger partial charge in [-0.1, -0.05) is 35.9 Å². The van der Waals surface area contributed by atoms with Gasteiger partial charge in [-0.05, 0) is 39.5 Å². The smallest absolute Gasteiger partial charge is 0.310 e. The highest BCUT2D eigenvalue weighted by Crippen LogP contribution is 2.60. The van der Waals surface area contributed by atoms with E-state index in [-0.39, 0.29) is 29.8 Å². The molecule has 8 nitrogen and oxygen atoms in total. The Labute approximate surface area is 198 Å². The number of aliphatic hydroxyl groups excluding tert-OH is 1. The van der Waals surface area contributed by atoms with Gasteiger partial charge in [-0.2, -0.15) is 0 Å². The number of rotatable bonds is 8. The highest BCUT2D eigenvalue weighted by molar-refractivity contribution is 9.09. The van der Waals surface area contributed by atoms with Crippen LogP contribution in [0.15, 0.2) is 12.7 Å². The third-order valence-electron chi connectivity index (χ3n) is 6.98. The van der Waals surface area contributed by atoms with E-state index in [1.54, 1.807) is 11.0 Å². The lowest BCUT2D eigenvalue weighted by Gasteiger charge is -2.43. The summed E-state index contributed by atoms with van der Waals surface area (Å²) in [6.45, 7) is 13.4. The Morgan fingerprint density at radius 1 is 1.41 bits per heavy atom. The Bertz CT molecular complexity index is 796. The van der Waals surface area contributed by atoms with Gasteiger partial charge in [0.05, 0.1) is 30.6 Å². The van der Waals surface area contributed by atoms with Crippen LogP contribution >= 0.6 is 15.9 Å². The number of hydrogen-bond acceptors (Lipinski definition) is 5. The van der Waals surface area contributed by atoms with Crippen molar-refractivity contribution < 1.29 is 29.3 Å². The quantitative estimate of drug-likeness (QED) is 0.379. The summed E-state index contributed by atoms with van der Waals surface area (Å²) < 4.78 is 6.30. The van der Waals surface area contributed by atoms with Crippen molar-refractivity contribution in [2.75, 3.05) is 13.2 Å². The normalized spacial score (nSPS) is 34.7. The molecule has 2 amide bonds. The van der Waals surface area contributed by atoms with Crippen molar-refractivity contribution in [3.63, 3.8) is 0 Å². The first kappa shape index (κ1) is 25.2. The van der Waals surface area contributed by atoms with Gasteiger partial charge in [-0.25, -0.2) is 0 Å². The fourth-order valence-electron chi connectivity index (χ4n) is 5.81. The lowest BCUT2D eigenvalue weighted by Crippen LogP contribution is -2.62. The van der Waals surface area contributed by atoms with Gasteiger partial charge in [-0.15, -0.1) is 6.58 Å². The zero-order valence-corrected chi connectivity index (χ0v) is 21.0. The van der Waals surface area contributed by atoms with E-state index in [9.17, 15) is 24.6 Å². The summed E-state index contributed by atoms with van der Waals surface area (Å²) >= 11 is 3.54. The molecule has 3 heterocycles. The van der Waals surface area contributed by atoms with Crippen LogP contribution in [0.2, 0.25) is 0 Å². The molecule has 0 saturated carbocycles. The highest BCUT2D eigenvalue weighted by Gasteiger charge is 2.77. The summed E-state index contributed by atoms with van der Waals surface area (Å²) in [5, 5.41) is 20.2.